The Morgan fingerprint density at radius 2 is 1.70 bits per heavy atom. The second kappa shape index (κ2) is 8.70. The van der Waals surface area contributed by atoms with Crippen molar-refractivity contribution in [2.45, 2.75) is 19.4 Å². The summed E-state index contributed by atoms with van der Waals surface area (Å²) in [6, 6.07) is 16.5. The number of para-hydroxylation sites is 1. The molecule has 0 radical (unpaired) electrons. The monoisotopic (exact) mass is 312 g/mol. The topological polar surface area (TPSA) is 81.4 Å². The molecule has 2 rings (SSSR count). The van der Waals surface area contributed by atoms with Crippen molar-refractivity contribution in [2.75, 3.05) is 11.9 Å². The first-order valence-corrected chi connectivity index (χ1v) is 7.47. The van der Waals surface area contributed by atoms with Crippen molar-refractivity contribution in [3.63, 3.8) is 0 Å². The highest BCUT2D eigenvalue weighted by molar-refractivity contribution is 6.02. The molecule has 2 aromatic rings. The van der Waals surface area contributed by atoms with Gasteiger partial charge in [-0.2, -0.15) is 0 Å². The summed E-state index contributed by atoms with van der Waals surface area (Å²) < 4.78 is 5.53. The van der Waals surface area contributed by atoms with Crippen molar-refractivity contribution < 1.29 is 14.3 Å². The Balaban J connectivity index is 1.70. The third-order valence-corrected chi connectivity index (χ3v) is 3.27. The molecule has 0 aliphatic rings. The van der Waals surface area contributed by atoms with Gasteiger partial charge < -0.3 is 15.8 Å². The molecule has 0 fully saturated rings. The molecule has 0 aliphatic carbocycles. The molecule has 3 N–H and O–H groups in total. The molecule has 0 bridgehead atoms. The Bertz CT molecular complexity index is 656. The number of nitrogens with one attached hydrogen (secondary N) is 1. The van der Waals surface area contributed by atoms with Crippen LogP contribution >= 0.6 is 0 Å². The largest absolute Gasteiger partial charge is 0.377 e. The lowest BCUT2D eigenvalue weighted by molar-refractivity contribution is -0.116. The number of ether oxygens (including phenoxy) is 1. The van der Waals surface area contributed by atoms with Gasteiger partial charge in [0.2, 0.25) is 5.91 Å². The van der Waals surface area contributed by atoms with E-state index in [1.54, 1.807) is 24.3 Å². The van der Waals surface area contributed by atoms with Gasteiger partial charge >= 0.3 is 0 Å². The molecular weight excluding hydrogens is 292 g/mol. The summed E-state index contributed by atoms with van der Waals surface area (Å²) in [5.41, 5.74) is 7.13. The highest BCUT2D eigenvalue weighted by atomic mass is 16.5. The van der Waals surface area contributed by atoms with E-state index < -0.39 is 5.91 Å². The predicted molar refractivity (Wildman–Crippen MR) is 88.9 cm³/mol. The third-order valence-electron chi connectivity index (χ3n) is 3.27. The van der Waals surface area contributed by atoms with Crippen molar-refractivity contribution in [3.8, 4) is 0 Å². The predicted octanol–water partition coefficient (Wildman–Crippen LogP) is 2.72. The summed E-state index contributed by atoms with van der Waals surface area (Å²) in [6.45, 7) is 1.03. The van der Waals surface area contributed by atoms with E-state index >= 15 is 0 Å². The van der Waals surface area contributed by atoms with Crippen LogP contribution in [0.25, 0.3) is 0 Å². The maximum absolute atomic E-state index is 11.9. The van der Waals surface area contributed by atoms with Crippen molar-refractivity contribution >= 4 is 17.5 Å². The quantitative estimate of drug-likeness (QED) is 0.735. The van der Waals surface area contributed by atoms with Gasteiger partial charge in [-0.15, -0.1) is 0 Å². The van der Waals surface area contributed by atoms with E-state index in [1.165, 1.54) is 0 Å². The summed E-state index contributed by atoms with van der Waals surface area (Å²) >= 11 is 0. The van der Waals surface area contributed by atoms with E-state index in [0.717, 1.165) is 5.56 Å². The average Bonchev–Trinajstić information content (AvgIpc) is 2.56. The lowest BCUT2D eigenvalue weighted by Crippen LogP contribution is -2.18. The van der Waals surface area contributed by atoms with Gasteiger partial charge in [-0.25, -0.2) is 0 Å². The van der Waals surface area contributed by atoms with E-state index in [0.29, 0.717) is 37.3 Å². The second-order valence-corrected chi connectivity index (χ2v) is 5.10. The van der Waals surface area contributed by atoms with Crippen molar-refractivity contribution in [1.29, 1.82) is 0 Å². The van der Waals surface area contributed by atoms with Crippen LogP contribution in [0.3, 0.4) is 0 Å². The molecule has 5 heteroatoms. The number of benzene rings is 2. The van der Waals surface area contributed by atoms with Crippen LogP contribution in [0.15, 0.2) is 54.6 Å². The Morgan fingerprint density at radius 3 is 2.43 bits per heavy atom. The van der Waals surface area contributed by atoms with E-state index in [9.17, 15) is 9.59 Å². The van der Waals surface area contributed by atoms with E-state index in [2.05, 4.69) is 5.32 Å². The highest BCUT2D eigenvalue weighted by Gasteiger charge is 2.09. The number of nitrogens with two attached hydrogens (primary N) is 1. The molecule has 23 heavy (non-hydrogen) atoms. The maximum atomic E-state index is 11.9. The number of hydrogen-bond acceptors (Lipinski definition) is 3. The van der Waals surface area contributed by atoms with Crippen molar-refractivity contribution in [3.05, 3.63) is 65.7 Å². The minimum absolute atomic E-state index is 0.165. The van der Waals surface area contributed by atoms with Crippen LogP contribution in [0.4, 0.5) is 5.69 Å². The van der Waals surface area contributed by atoms with Crippen LogP contribution in [0.1, 0.15) is 28.8 Å². The molecule has 0 aliphatic heterocycles. The minimum atomic E-state index is -0.563. The van der Waals surface area contributed by atoms with Crippen LogP contribution in [0, 0.1) is 0 Å². The first-order valence-electron chi connectivity index (χ1n) is 7.47. The summed E-state index contributed by atoms with van der Waals surface area (Å²) in [6.07, 6.45) is 0.930. The minimum Gasteiger partial charge on any atom is -0.377 e. The Morgan fingerprint density at radius 1 is 1.00 bits per heavy atom. The van der Waals surface area contributed by atoms with Crippen LogP contribution in [0.5, 0.6) is 0 Å². The zero-order chi connectivity index (χ0) is 16.5. The molecule has 120 valence electrons. The third kappa shape index (κ3) is 5.56. The van der Waals surface area contributed by atoms with Crippen LogP contribution in [-0.4, -0.2) is 18.4 Å². The number of anilines is 1. The van der Waals surface area contributed by atoms with Crippen LogP contribution in [0.2, 0.25) is 0 Å². The van der Waals surface area contributed by atoms with Crippen LogP contribution in [-0.2, 0) is 16.1 Å². The second-order valence-electron chi connectivity index (χ2n) is 5.10. The fourth-order valence-electron chi connectivity index (χ4n) is 2.12. The number of carbonyl (C=O) groups excluding carboxylic acids is 2. The van der Waals surface area contributed by atoms with Gasteiger partial charge in [0.25, 0.3) is 5.91 Å². The molecular formula is C18H20N2O3. The van der Waals surface area contributed by atoms with Gasteiger partial charge in [-0.1, -0.05) is 42.5 Å². The first-order chi connectivity index (χ1) is 11.2. The van der Waals surface area contributed by atoms with Crippen molar-refractivity contribution in [2.24, 2.45) is 5.73 Å². The number of hydrogen-bond donors (Lipinski definition) is 2. The molecule has 0 heterocycles. The molecule has 0 saturated carbocycles. The maximum Gasteiger partial charge on any atom is 0.250 e. The molecule has 0 aromatic heterocycles. The smallest absolute Gasteiger partial charge is 0.250 e. The zero-order valence-electron chi connectivity index (χ0n) is 12.8. The van der Waals surface area contributed by atoms with E-state index in [4.69, 9.17) is 10.5 Å². The normalized spacial score (nSPS) is 10.3. The Hall–Kier alpha value is -2.66. The first kappa shape index (κ1) is 16.7. The standard InChI is InChI=1S/C18H20N2O3/c19-18(22)15-9-4-5-10-16(15)20-17(21)11-6-12-23-13-14-7-2-1-3-8-14/h1-5,7-10H,6,11-13H2,(H2,19,22)(H,20,21). The molecule has 0 saturated heterocycles. The van der Waals surface area contributed by atoms with Gasteiger partial charge in [0.15, 0.2) is 0 Å². The van der Waals surface area contributed by atoms with Gasteiger partial charge in [-0.05, 0) is 24.1 Å². The molecule has 0 atom stereocenters. The fraction of sp³-hybridized carbons (Fsp3) is 0.222. The number of primary amides is 1. The van der Waals surface area contributed by atoms with E-state index in [1.807, 2.05) is 30.3 Å². The zero-order valence-corrected chi connectivity index (χ0v) is 12.8. The summed E-state index contributed by atoms with van der Waals surface area (Å²) in [5, 5.41) is 2.71. The molecule has 0 unspecified atom stereocenters. The Kier molecular flexibility index (Phi) is 6.32. The highest BCUT2D eigenvalue weighted by Crippen LogP contribution is 2.14. The number of amides is 2. The molecule has 2 amide bonds. The number of rotatable bonds is 8. The van der Waals surface area contributed by atoms with Gasteiger partial charge in [0, 0.05) is 13.0 Å². The lowest BCUT2D eigenvalue weighted by atomic mass is 10.1. The fourth-order valence-corrected chi connectivity index (χ4v) is 2.12. The van der Waals surface area contributed by atoms with Crippen LogP contribution < -0.4 is 11.1 Å². The Labute approximate surface area is 135 Å². The van der Waals surface area contributed by atoms with E-state index in [-0.39, 0.29) is 5.91 Å². The summed E-state index contributed by atoms with van der Waals surface area (Å²) in [4.78, 5) is 23.2. The lowest BCUT2D eigenvalue weighted by Gasteiger charge is -2.09. The van der Waals surface area contributed by atoms with Gasteiger partial charge in [0.05, 0.1) is 17.9 Å². The SMILES string of the molecule is NC(=O)c1ccccc1NC(=O)CCCOCc1ccccc1. The van der Waals surface area contributed by atoms with Gasteiger partial charge in [0.1, 0.15) is 0 Å². The summed E-state index contributed by atoms with van der Waals surface area (Å²) in [5.74, 6) is -0.728. The molecule has 2 aromatic carbocycles. The molecule has 0 spiro atoms. The average molecular weight is 312 g/mol. The van der Waals surface area contributed by atoms with Crippen molar-refractivity contribution in [1.82, 2.24) is 0 Å². The molecule has 5 nitrogen and oxygen atoms in total. The van der Waals surface area contributed by atoms with Gasteiger partial charge in [-0.3, -0.25) is 9.59 Å². The summed E-state index contributed by atoms with van der Waals surface area (Å²) in [7, 11) is 0. The number of carbonyl (C=O) groups is 2.